The van der Waals surface area contributed by atoms with E-state index in [9.17, 15) is 26.7 Å². The van der Waals surface area contributed by atoms with Crippen LogP contribution in [0.15, 0.2) is 54.7 Å². The predicted octanol–water partition coefficient (Wildman–Crippen LogP) is 4.91. The van der Waals surface area contributed by atoms with E-state index in [2.05, 4.69) is 25.1 Å². The first kappa shape index (κ1) is 22.8. The molecule has 0 unspecified atom stereocenters. The molecular weight excluding hydrogens is 463 g/mol. The molecule has 12 heteroatoms. The second-order valence-corrected chi connectivity index (χ2v) is 7.06. The van der Waals surface area contributed by atoms with Gasteiger partial charge in [0.05, 0.1) is 5.56 Å². The number of halogens is 5. The summed E-state index contributed by atoms with van der Waals surface area (Å²) in [6, 6.07) is 11.4. The lowest BCUT2D eigenvalue weighted by molar-refractivity contribution is -0.391. The molecule has 174 valence electrons. The topological polar surface area (TPSA) is 96.3 Å². The number of amides is 1. The highest BCUT2D eigenvalue weighted by atomic mass is 19.3. The van der Waals surface area contributed by atoms with Gasteiger partial charge < -0.3 is 20.1 Å². The number of pyridine rings is 1. The Morgan fingerprint density at radius 3 is 2.47 bits per heavy atom. The number of rotatable bonds is 5. The van der Waals surface area contributed by atoms with Crippen molar-refractivity contribution < 1.29 is 36.2 Å². The van der Waals surface area contributed by atoms with Crippen molar-refractivity contribution in [3.8, 4) is 17.6 Å². The van der Waals surface area contributed by atoms with E-state index in [4.69, 9.17) is 5.26 Å². The van der Waals surface area contributed by atoms with Crippen LogP contribution in [0.25, 0.3) is 0 Å². The Kier molecular flexibility index (Phi) is 5.70. The molecule has 0 aliphatic carbocycles. The van der Waals surface area contributed by atoms with Crippen molar-refractivity contribution in [2.75, 3.05) is 10.6 Å². The van der Waals surface area contributed by atoms with Crippen molar-refractivity contribution in [3.05, 3.63) is 77.4 Å². The van der Waals surface area contributed by atoms with Gasteiger partial charge in [0, 0.05) is 30.2 Å². The third-order valence-corrected chi connectivity index (χ3v) is 4.66. The van der Waals surface area contributed by atoms with Gasteiger partial charge in [-0.1, -0.05) is 0 Å². The van der Waals surface area contributed by atoms with Gasteiger partial charge in [0.25, 0.3) is 5.91 Å². The summed E-state index contributed by atoms with van der Waals surface area (Å²) in [5.41, 5.74) is 0.890. The van der Waals surface area contributed by atoms with E-state index < -0.39 is 35.4 Å². The van der Waals surface area contributed by atoms with Crippen LogP contribution in [0.5, 0.6) is 11.5 Å². The van der Waals surface area contributed by atoms with Crippen LogP contribution in [0.3, 0.4) is 0 Å². The van der Waals surface area contributed by atoms with Crippen molar-refractivity contribution in [3.63, 3.8) is 0 Å². The normalized spacial score (nSPS) is 15.2. The monoisotopic (exact) mass is 476 g/mol. The summed E-state index contributed by atoms with van der Waals surface area (Å²) in [7, 11) is 0. The molecule has 7 nitrogen and oxygen atoms in total. The van der Waals surface area contributed by atoms with Crippen LogP contribution < -0.4 is 20.1 Å². The Morgan fingerprint density at radius 1 is 1.00 bits per heavy atom. The molecule has 34 heavy (non-hydrogen) atoms. The number of ether oxygens (including phenoxy) is 2. The second kappa shape index (κ2) is 8.51. The van der Waals surface area contributed by atoms with E-state index in [0.29, 0.717) is 5.56 Å². The number of nitrogens with zero attached hydrogens (tertiary/aromatic N) is 2. The fraction of sp³-hybridized carbons (Fsp3) is 0.136. The largest absolute Gasteiger partial charge is 0.507 e. The lowest BCUT2D eigenvalue weighted by atomic mass is 10.1. The van der Waals surface area contributed by atoms with E-state index >= 15 is 0 Å². The van der Waals surface area contributed by atoms with Crippen molar-refractivity contribution in [2.24, 2.45) is 0 Å². The summed E-state index contributed by atoms with van der Waals surface area (Å²) in [5, 5.41) is 14.3. The number of aromatic nitrogens is 1. The van der Waals surface area contributed by atoms with E-state index in [1.807, 2.05) is 6.07 Å². The predicted molar refractivity (Wildman–Crippen MR) is 108 cm³/mol. The maximum atomic E-state index is 13.8. The van der Waals surface area contributed by atoms with Crippen LogP contribution in [0, 0.1) is 17.1 Å². The Hall–Kier alpha value is -4.40. The molecule has 1 amide bonds. The molecule has 0 saturated heterocycles. The molecule has 0 saturated carbocycles. The molecule has 0 radical (unpaired) electrons. The highest BCUT2D eigenvalue weighted by Crippen LogP contribution is 2.47. The number of carbonyl (C=O) groups excluding carboxylic acids is 1. The van der Waals surface area contributed by atoms with Gasteiger partial charge in [-0.15, -0.1) is 0 Å². The van der Waals surface area contributed by atoms with Gasteiger partial charge in [-0.05, 0) is 48.0 Å². The molecule has 2 heterocycles. The summed E-state index contributed by atoms with van der Waals surface area (Å²) in [6.07, 6.45) is -8.34. The van der Waals surface area contributed by atoms with Crippen molar-refractivity contribution in [2.45, 2.75) is 18.8 Å². The molecule has 4 rings (SSSR count). The SMILES string of the molecule is N#Cc1cc(CNc2ccc(F)cc2C(=O)Nc2ccc3c(c2)OC(F)(F)C(F)(F)O3)ccn1. The summed E-state index contributed by atoms with van der Waals surface area (Å²) >= 11 is 0. The number of alkyl halides is 4. The zero-order chi connectivity index (χ0) is 24.5. The highest BCUT2D eigenvalue weighted by Gasteiger charge is 2.65. The quantitative estimate of drug-likeness (QED) is 0.508. The number of benzene rings is 2. The molecule has 1 aliphatic rings. The minimum atomic E-state index is -4.92. The van der Waals surface area contributed by atoms with Crippen LogP contribution in [-0.4, -0.2) is 23.1 Å². The van der Waals surface area contributed by atoms with Gasteiger partial charge in [0.15, 0.2) is 11.5 Å². The first-order valence-corrected chi connectivity index (χ1v) is 9.55. The average molecular weight is 476 g/mol. The first-order chi connectivity index (χ1) is 16.1. The second-order valence-electron chi connectivity index (χ2n) is 7.06. The van der Waals surface area contributed by atoms with Crippen molar-refractivity contribution >= 4 is 17.3 Å². The third-order valence-electron chi connectivity index (χ3n) is 4.66. The van der Waals surface area contributed by atoms with Gasteiger partial charge in [-0.25, -0.2) is 9.37 Å². The van der Waals surface area contributed by atoms with E-state index in [1.54, 1.807) is 6.07 Å². The lowest BCUT2D eigenvalue weighted by Crippen LogP contribution is -2.52. The Balaban J connectivity index is 1.54. The molecule has 1 aliphatic heterocycles. The van der Waals surface area contributed by atoms with Crippen LogP contribution in [-0.2, 0) is 6.54 Å². The molecular formula is C22H13F5N4O3. The smallest absolute Gasteiger partial charge is 0.421 e. The third kappa shape index (κ3) is 4.54. The zero-order valence-electron chi connectivity index (χ0n) is 16.9. The number of hydrogen-bond acceptors (Lipinski definition) is 6. The average Bonchev–Trinajstić information content (AvgIpc) is 2.79. The fourth-order valence-corrected chi connectivity index (χ4v) is 3.04. The summed E-state index contributed by atoms with van der Waals surface area (Å²) in [5.74, 6) is -2.88. The van der Waals surface area contributed by atoms with E-state index in [-0.39, 0.29) is 29.2 Å². The molecule has 3 aromatic rings. The molecule has 2 N–H and O–H groups in total. The molecule has 0 bridgehead atoms. The number of nitriles is 1. The summed E-state index contributed by atoms with van der Waals surface area (Å²) in [6.45, 7) is 0.177. The van der Waals surface area contributed by atoms with Crippen LogP contribution in [0.1, 0.15) is 21.6 Å². The Morgan fingerprint density at radius 2 is 1.74 bits per heavy atom. The Labute approximate surface area is 188 Å². The van der Waals surface area contributed by atoms with E-state index in [0.717, 1.165) is 30.3 Å². The number of hydrogen-bond donors (Lipinski definition) is 2. The van der Waals surface area contributed by atoms with Crippen molar-refractivity contribution in [1.29, 1.82) is 5.26 Å². The van der Waals surface area contributed by atoms with Gasteiger partial charge >= 0.3 is 12.2 Å². The summed E-state index contributed by atoms with van der Waals surface area (Å²) < 4.78 is 75.3. The summed E-state index contributed by atoms with van der Waals surface area (Å²) in [4.78, 5) is 16.6. The van der Waals surface area contributed by atoms with Crippen molar-refractivity contribution in [1.82, 2.24) is 4.98 Å². The maximum absolute atomic E-state index is 13.8. The van der Waals surface area contributed by atoms with Crippen LogP contribution in [0.2, 0.25) is 0 Å². The van der Waals surface area contributed by atoms with Gasteiger partial charge in [-0.2, -0.15) is 22.8 Å². The lowest BCUT2D eigenvalue weighted by Gasteiger charge is -2.31. The van der Waals surface area contributed by atoms with Gasteiger partial charge in [-0.3, -0.25) is 4.79 Å². The number of nitrogens with one attached hydrogen (secondary N) is 2. The van der Waals surface area contributed by atoms with Crippen LogP contribution in [0.4, 0.5) is 33.3 Å². The van der Waals surface area contributed by atoms with Gasteiger partial charge in [0.2, 0.25) is 0 Å². The highest BCUT2D eigenvalue weighted by molar-refractivity contribution is 6.08. The minimum Gasteiger partial charge on any atom is -0.421 e. The zero-order valence-corrected chi connectivity index (χ0v) is 16.9. The van der Waals surface area contributed by atoms with E-state index in [1.165, 1.54) is 18.3 Å². The molecule has 1 aromatic heterocycles. The van der Waals surface area contributed by atoms with Crippen LogP contribution >= 0.6 is 0 Å². The van der Waals surface area contributed by atoms with Gasteiger partial charge in [0.1, 0.15) is 17.6 Å². The fourth-order valence-electron chi connectivity index (χ4n) is 3.04. The minimum absolute atomic E-state index is 0.0867. The molecule has 2 aromatic carbocycles. The number of fused-ring (bicyclic) bond motifs is 1. The molecule has 0 spiro atoms. The Bertz CT molecular complexity index is 1310. The maximum Gasteiger partial charge on any atom is 0.507 e. The first-order valence-electron chi connectivity index (χ1n) is 9.55. The molecule has 0 atom stereocenters. The molecule has 0 fully saturated rings. The number of anilines is 2. The number of carbonyl (C=O) groups is 1. The standard InChI is InChI=1S/C22H13F5N4O3/c23-13-1-3-17(30-11-12-5-6-29-15(7-12)10-28)16(8-13)20(32)31-14-2-4-18-19(9-14)34-22(26,27)21(24,25)33-18/h1-9,30H,11H2,(H,31,32).